The lowest BCUT2D eigenvalue weighted by Gasteiger charge is -2.22. The number of carbonyl (C=O) groups is 1. The number of hydrogen-bond donors (Lipinski definition) is 0. The van der Waals surface area contributed by atoms with E-state index >= 15 is 0 Å². The summed E-state index contributed by atoms with van der Waals surface area (Å²) in [5, 5.41) is 0. The minimum Gasteiger partial charge on any atom is -0.303 e. The van der Waals surface area contributed by atoms with Crippen LogP contribution in [0.25, 0.3) is 0 Å². The number of rotatable bonds is 2. The van der Waals surface area contributed by atoms with E-state index in [2.05, 4.69) is 11.0 Å². The van der Waals surface area contributed by atoms with E-state index in [9.17, 15) is 4.79 Å². The molecule has 0 aromatic rings. The number of likely N-dealkylation sites (N-methyl/N-ethyl adjacent to an activating group) is 1. The summed E-state index contributed by atoms with van der Waals surface area (Å²) in [4.78, 5) is 13.1. The van der Waals surface area contributed by atoms with Gasteiger partial charge in [-0.2, -0.15) is 0 Å². The van der Waals surface area contributed by atoms with Crippen LogP contribution in [0.3, 0.4) is 0 Å². The Bertz CT molecular complexity index is 238. The first-order valence-corrected chi connectivity index (χ1v) is 4.17. The van der Waals surface area contributed by atoms with Gasteiger partial charge in [0.1, 0.15) is 0 Å². The summed E-state index contributed by atoms with van der Waals surface area (Å²) in [6.07, 6.45) is 6.94. The van der Waals surface area contributed by atoms with Crippen LogP contribution < -0.4 is 0 Å². The Morgan fingerprint density at radius 3 is 2.58 bits per heavy atom. The van der Waals surface area contributed by atoms with Gasteiger partial charge < -0.3 is 4.90 Å². The molecule has 0 heterocycles. The molecule has 2 heteroatoms. The smallest absolute Gasteiger partial charge is 0.159 e. The molecule has 0 saturated heterocycles. The average molecular weight is 165 g/mol. The van der Waals surface area contributed by atoms with E-state index in [4.69, 9.17) is 0 Å². The van der Waals surface area contributed by atoms with Crippen molar-refractivity contribution in [1.82, 2.24) is 4.90 Å². The second-order valence-corrected chi connectivity index (χ2v) is 3.34. The number of ketones is 1. The molecule has 0 N–H and O–H groups in total. The largest absolute Gasteiger partial charge is 0.303 e. The highest BCUT2D eigenvalue weighted by Gasteiger charge is 2.11. The summed E-state index contributed by atoms with van der Waals surface area (Å²) in [6, 6.07) is 0.452. The van der Waals surface area contributed by atoms with Crippen LogP contribution in [0.2, 0.25) is 0 Å². The van der Waals surface area contributed by atoms with E-state index in [0.29, 0.717) is 6.04 Å². The molecule has 0 amide bonds. The van der Waals surface area contributed by atoms with Gasteiger partial charge in [0.15, 0.2) is 5.78 Å². The molecule has 1 unspecified atom stereocenters. The fourth-order valence-corrected chi connectivity index (χ4v) is 1.25. The molecule has 0 spiro atoms. The Kier molecular flexibility index (Phi) is 2.82. The molecule has 0 bridgehead atoms. The Morgan fingerprint density at radius 2 is 2.25 bits per heavy atom. The molecule has 1 rings (SSSR count). The van der Waals surface area contributed by atoms with E-state index in [0.717, 1.165) is 12.0 Å². The highest BCUT2D eigenvalue weighted by Crippen LogP contribution is 2.13. The predicted octanol–water partition coefficient (Wildman–Crippen LogP) is 1.39. The quantitative estimate of drug-likeness (QED) is 0.616. The lowest BCUT2D eigenvalue weighted by molar-refractivity contribution is -0.113. The first-order chi connectivity index (χ1) is 5.61. The molecule has 0 aliphatic heterocycles. The Morgan fingerprint density at radius 1 is 1.58 bits per heavy atom. The SMILES string of the molecule is CC(=O)C1=CCC(N(C)C)C=C1. The van der Waals surface area contributed by atoms with Crippen molar-refractivity contribution in [2.45, 2.75) is 19.4 Å². The van der Waals surface area contributed by atoms with Crippen LogP contribution >= 0.6 is 0 Å². The van der Waals surface area contributed by atoms with E-state index in [1.165, 1.54) is 0 Å². The van der Waals surface area contributed by atoms with Crippen molar-refractivity contribution < 1.29 is 4.79 Å². The lowest BCUT2D eigenvalue weighted by Crippen LogP contribution is -2.26. The molecule has 0 radical (unpaired) electrons. The first kappa shape index (κ1) is 9.20. The van der Waals surface area contributed by atoms with Crippen LogP contribution in [0.15, 0.2) is 23.8 Å². The maximum absolute atomic E-state index is 10.9. The predicted molar refractivity (Wildman–Crippen MR) is 50.0 cm³/mol. The topological polar surface area (TPSA) is 20.3 Å². The van der Waals surface area contributed by atoms with Gasteiger partial charge in [-0.25, -0.2) is 0 Å². The van der Waals surface area contributed by atoms with Crippen LogP contribution in [0.1, 0.15) is 13.3 Å². The van der Waals surface area contributed by atoms with Gasteiger partial charge in [-0.1, -0.05) is 18.2 Å². The molecule has 1 atom stereocenters. The van der Waals surface area contributed by atoms with Crippen LogP contribution in [-0.4, -0.2) is 30.8 Å². The fraction of sp³-hybridized carbons (Fsp3) is 0.500. The fourth-order valence-electron chi connectivity index (χ4n) is 1.25. The molecule has 1 aliphatic rings. The summed E-state index contributed by atoms with van der Waals surface area (Å²) in [7, 11) is 4.09. The maximum Gasteiger partial charge on any atom is 0.159 e. The van der Waals surface area contributed by atoms with Crippen molar-refractivity contribution in [2.24, 2.45) is 0 Å². The highest BCUT2D eigenvalue weighted by molar-refractivity contribution is 5.96. The summed E-state index contributed by atoms with van der Waals surface area (Å²) in [5.74, 6) is 0.156. The standard InChI is InChI=1S/C10H15NO/c1-8(12)9-4-6-10(7-5-9)11(2)3/h4-6,10H,7H2,1-3H3. The second kappa shape index (κ2) is 3.68. The molecule has 1 aliphatic carbocycles. The number of Topliss-reactive ketones (excluding diaryl/α,β-unsaturated/α-hetero) is 1. The first-order valence-electron chi connectivity index (χ1n) is 4.17. The highest BCUT2D eigenvalue weighted by atomic mass is 16.1. The van der Waals surface area contributed by atoms with E-state index in [1.54, 1.807) is 6.92 Å². The van der Waals surface area contributed by atoms with Gasteiger partial charge in [-0.3, -0.25) is 4.79 Å². The summed E-state index contributed by atoms with van der Waals surface area (Å²) in [6.45, 7) is 1.60. The Labute approximate surface area is 73.6 Å². The minimum absolute atomic E-state index is 0.156. The molecule has 0 aromatic carbocycles. The molecule has 0 saturated carbocycles. The molecule has 2 nitrogen and oxygen atoms in total. The molecule has 0 fully saturated rings. The zero-order valence-corrected chi connectivity index (χ0v) is 7.87. The maximum atomic E-state index is 10.9. The van der Waals surface area contributed by atoms with Crippen molar-refractivity contribution in [3.8, 4) is 0 Å². The average Bonchev–Trinajstić information content (AvgIpc) is 2.04. The molecule has 66 valence electrons. The van der Waals surface area contributed by atoms with Crippen LogP contribution in [0.5, 0.6) is 0 Å². The van der Waals surface area contributed by atoms with Gasteiger partial charge in [0.05, 0.1) is 0 Å². The third kappa shape index (κ3) is 2.05. The number of hydrogen-bond acceptors (Lipinski definition) is 2. The van der Waals surface area contributed by atoms with Crippen molar-refractivity contribution >= 4 is 5.78 Å². The van der Waals surface area contributed by atoms with Crippen molar-refractivity contribution in [1.29, 1.82) is 0 Å². The van der Waals surface area contributed by atoms with Crippen molar-refractivity contribution in [3.63, 3.8) is 0 Å². The molecular formula is C10H15NO. The third-order valence-electron chi connectivity index (χ3n) is 2.15. The molecule has 0 aromatic heterocycles. The van der Waals surface area contributed by atoms with Gasteiger partial charge in [-0.15, -0.1) is 0 Å². The van der Waals surface area contributed by atoms with Crippen LogP contribution in [0, 0.1) is 0 Å². The van der Waals surface area contributed by atoms with E-state index < -0.39 is 0 Å². The Hall–Kier alpha value is -0.890. The minimum atomic E-state index is 0.156. The van der Waals surface area contributed by atoms with Gasteiger partial charge in [-0.05, 0) is 27.4 Å². The Balaban J connectivity index is 2.61. The van der Waals surface area contributed by atoms with Gasteiger partial charge in [0.2, 0.25) is 0 Å². The van der Waals surface area contributed by atoms with Crippen molar-refractivity contribution in [3.05, 3.63) is 23.8 Å². The van der Waals surface area contributed by atoms with Gasteiger partial charge >= 0.3 is 0 Å². The van der Waals surface area contributed by atoms with Crippen molar-refractivity contribution in [2.75, 3.05) is 14.1 Å². The van der Waals surface area contributed by atoms with Crippen LogP contribution in [-0.2, 0) is 4.79 Å². The number of carbonyl (C=O) groups excluding carboxylic acids is 1. The summed E-state index contributed by atoms with van der Waals surface area (Å²) in [5.41, 5.74) is 0.841. The molecule has 12 heavy (non-hydrogen) atoms. The molecular weight excluding hydrogens is 150 g/mol. The zero-order valence-electron chi connectivity index (χ0n) is 7.87. The van der Waals surface area contributed by atoms with Crippen LogP contribution in [0.4, 0.5) is 0 Å². The lowest BCUT2D eigenvalue weighted by atomic mass is 10.0. The third-order valence-corrected chi connectivity index (χ3v) is 2.15. The zero-order chi connectivity index (χ0) is 9.14. The monoisotopic (exact) mass is 165 g/mol. The summed E-state index contributed by atoms with van der Waals surface area (Å²) < 4.78 is 0. The van der Waals surface area contributed by atoms with Gasteiger partial charge in [0.25, 0.3) is 0 Å². The normalized spacial score (nSPS) is 22.7. The van der Waals surface area contributed by atoms with E-state index in [-0.39, 0.29) is 5.78 Å². The number of allylic oxidation sites excluding steroid dienone is 2. The number of nitrogens with zero attached hydrogens (tertiary/aromatic N) is 1. The van der Waals surface area contributed by atoms with E-state index in [1.807, 2.05) is 26.2 Å². The second-order valence-electron chi connectivity index (χ2n) is 3.34. The summed E-state index contributed by atoms with van der Waals surface area (Å²) >= 11 is 0. The van der Waals surface area contributed by atoms with Gasteiger partial charge in [0, 0.05) is 11.6 Å².